The summed E-state index contributed by atoms with van der Waals surface area (Å²) >= 11 is 6.09. The number of amides is 3. The van der Waals surface area contributed by atoms with Crippen molar-refractivity contribution in [3.05, 3.63) is 94.5 Å². The van der Waals surface area contributed by atoms with Gasteiger partial charge in [0.05, 0.1) is 6.54 Å². The molecule has 1 heterocycles. The van der Waals surface area contributed by atoms with Gasteiger partial charge in [0.2, 0.25) is 0 Å². The van der Waals surface area contributed by atoms with Gasteiger partial charge in [-0.05, 0) is 64.2 Å². The van der Waals surface area contributed by atoms with E-state index in [1.54, 1.807) is 53.4 Å². The fourth-order valence-corrected chi connectivity index (χ4v) is 3.70. The Morgan fingerprint density at radius 3 is 2.31 bits per heavy atom. The third-order valence-electron chi connectivity index (χ3n) is 5.49. The molecule has 0 saturated heterocycles. The van der Waals surface area contributed by atoms with Crippen molar-refractivity contribution in [1.29, 1.82) is 0 Å². The van der Waals surface area contributed by atoms with E-state index in [-0.39, 0.29) is 29.8 Å². The number of aromatic nitrogens is 4. The molecule has 0 aliphatic carbocycles. The number of rotatable bonds is 6. The number of hydrogen-bond donors (Lipinski definition) is 3. The van der Waals surface area contributed by atoms with Crippen LogP contribution in [0.1, 0.15) is 42.3 Å². The molecule has 3 aromatic carbocycles. The van der Waals surface area contributed by atoms with Gasteiger partial charge in [0.15, 0.2) is 0 Å². The minimum atomic E-state index is -0.365. The van der Waals surface area contributed by atoms with Gasteiger partial charge in [-0.3, -0.25) is 15.0 Å². The van der Waals surface area contributed by atoms with E-state index in [1.807, 2.05) is 24.3 Å². The molecule has 0 aliphatic heterocycles. The zero-order chi connectivity index (χ0) is 25.7. The number of aromatic amines is 1. The predicted octanol–water partition coefficient (Wildman–Crippen LogP) is 5.64. The quantitative estimate of drug-likeness (QED) is 0.315. The second-order valence-corrected chi connectivity index (χ2v) is 9.65. The highest BCUT2D eigenvalue weighted by molar-refractivity contribution is 6.30. The number of anilines is 3. The fourth-order valence-electron chi connectivity index (χ4n) is 3.51. The summed E-state index contributed by atoms with van der Waals surface area (Å²) < 4.78 is 0. The van der Waals surface area contributed by atoms with Crippen LogP contribution in [-0.4, -0.2) is 32.6 Å². The summed E-state index contributed by atoms with van der Waals surface area (Å²) in [6, 6.07) is 21.6. The number of tetrazole rings is 1. The lowest BCUT2D eigenvalue weighted by Crippen LogP contribution is -2.34. The molecule has 3 N–H and O–H groups in total. The molecular formula is C26H26ClN7O2. The Labute approximate surface area is 213 Å². The van der Waals surface area contributed by atoms with Crippen molar-refractivity contribution in [2.75, 3.05) is 15.5 Å². The number of urea groups is 1. The zero-order valence-electron chi connectivity index (χ0n) is 20.1. The van der Waals surface area contributed by atoms with Crippen LogP contribution in [0, 0.1) is 0 Å². The zero-order valence-corrected chi connectivity index (χ0v) is 20.9. The summed E-state index contributed by atoms with van der Waals surface area (Å²) in [5, 5.41) is 19.1. The van der Waals surface area contributed by atoms with E-state index in [4.69, 9.17) is 11.6 Å². The summed E-state index contributed by atoms with van der Waals surface area (Å²) in [5.74, 6) is -0.275. The number of carbonyl (C=O) groups excluding carboxylic acids is 2. The van der Waals surface area contributed by atoms with Crippen LogP contribution in [0.15, 0.2) is 72.8 Å². The Kier molecular flexibility index (Phi) is 7.30. The van der Waals surface area contributed by atoms with Crippen molar-refractivity contribution < 1.29 is 9.59 Å². The minimum Gasteiger partial charge on any atom is -0.307 e. The molecule has 0 fully saturated rings. The second-order valence-electron chi connectivity index (χ2n) is 9.21. The summed E-state index contributed by atoms with van der Waals surface area (Å²) in [4.78, 5) is 27.4. The SMILES string of the molecule is CC(C)(C)c1ccc(N(Cc2ccc(C(=O)Nc3nn[nH]n3)cc2)C(=O)Nc2cccc(Cl)c2)cc1. The van der Waals surface area contributed by atoms with Gasteiger partial charge < -0.3 is 5.32 Å². The van der Waals surface area contributed by atoms with E-state index >= 15 is 0 Å². The Bertz CT molecular complexity index is 1330. The average molecular weight is 504 g/mol. The van der Waals surface area contributed by atoms with Gasteiger partial charge in [0.1, 0.15) is 0 Å². The van der Waals surface area contributed by atoms with Crippen LogP contribution in [0.4, 0.5) is 22.1 Å². The van der Waals surface area contributed by atoms with Crippen LogP contribution in [0.5, 0.6) is 0 Å². The number of H-pyrrole nitrogens is 1. The van der Waals surface area contributed by atoms with Crippen molar-refractivity contribution in [3.63, 3.8) is 0 Å². The van der Waals surface area contributed by atoms with Gasteiger partial charge in [-0.2, -0.15) is 5.21 Å². The van der Waals surface area contributed by atoms with Gasteiger partial charge in [-0.15, -0.1) is 5.10 Å². The predicted molar refractivity (Wildman–Crippen MR) is 140 cm³/mol. The van der Waals surface area contributed by atoms with Crippen LogP contribution < -0.4 is 15.5 Å². The molecule has 0 spiro atoms. The van der Waals surface area contributed by atoms with Crippen molar-refractivity contribution in [1.82, 2.24) is 20.6 Å². The molecule has 0 saturated carbocycles. The highest BCUT2D eigenvalue weighted by Gasteiger charge is 2.19. The van der Waals surface area contributed by atoms with Crippen LogP contribution >= 0.6 is 11.6 Å². The molecule has 0 bridgehead atoms. The monoisotopic (exact) mass is 503 g/mol. The van der Waals surface area contributed by atoms with Gasteiger partial charge >= 0.3 is 6.03 Å². The number of carbonyl (C=O) groups is 2. The lowest BCUT2D eigenvalue weighted by Gasteiger charge is -2.25. The third-order valence-corrected chi connectivity index (χ3v) is 5.73. The smallest absolute Gasteiger partial charge is 0.307 e. The van der Waals surface area contributed by atoms with E-state index < -0.39 is 0 Å². The second kappa shape index (κ2) is 10.6. The van der Waals surface area contributed by atoms with Crippen LogP contribution in [0.25, 0.3) is 0 Å². The van der Waals surface area contributed by atoms with Crippen molar-refractivity contribution in [2.24, 2.45) is 0 Å². The third kappa shape index (κ3) is 6.25. The van der Waals surface area contributed by atoms with E-state index in [9.17, 15) is 9.59 Å². The Morgan fingerprint density at radius 2 is 1.69 bits per heavy atom. The molecule has 10 heteroatoms. The molecule has 1 aromatic heterocycles. The van der Waals surface area contributed by atoms with Gasteiger partial charge in [0, 0.05) is 22.0 Å². The normalized spacial score (nSPS) is 11.1. The number of nitrogens with zero attached hydrogens (tertiary/aromatic N) is 4. The summed E-state index contributed by atoms with van der Waals surface area (Å²) in [6.45, 7) is 6.71. The lowest BCUT2D eigenvalue weighted by atomic mass is 9.87. The molecule has 184 valence electrons. The van der Waals surface area contributed by atoms with Crippen LogP contribution in [-0.2, 0) is 12.0 Å². The Morgan fingerprint density at radius 1 is 0.972 bits per heavy atom. The first-order chi connectivity index (χ1) is 17.2. The van der Waals surface area contributed by atoms with Crippen LogP contribution in [0.2, 0.25) is 5.02 Å². The maximum Gasteiger partial charge on any atom is 0.326 e. The number of halogens is 1. The molecule has 9 nitrogen and oxygen atoms in total. The molecule has 0 unspecified atom stereocenters. The molecule has 3 amide bonds. The standard InChI is InChI=1S/C26H26ClN7O2/c1-26(2,3)19-11-13-22(14-12-19)34(25(36)28-21-6-4-5-20(27)15-21)16-17-7-9-18(10-8-17)23(35)29-24-30-32-33-31-24/h4-15H,16H2,1-3H3,(H,28,36)(H2,29,30,31,32,33,35). The molecule has 0 atom stereocenters. The highest BCUT2D eigenvalue weighted by Crippen LogP contribution is 2.27. The summed E-state index contributed by atoms with van der Waals surface area (Å²) in [7, 11) is 0. The topological polar surface area (TPSA) is 116 Å². The number of benzene rings is 3. The van der Waals surface area contributed by atoms with E-state index in [1.165, 1.54) is 5.56 Å². The van der Waals surface area contributed by atoms with Crippen molar-refractivity contribution in [3.8, 4) is 0 Å². The minimum absolute atomic E-state index is 0.00961. The summed E-state index contributed by atoms with van der Waals surface area (Å²) in [6.07, 6.45) is 0. The fraction of sp³-hybridized carbons (Fsp3) is 0.192. The van der Waals surface area contributed by atoms with E-state index in [0.717, 1.165) is 11.3 Å². The molecule has 36 heavy (non-hydrogen) atoms. The van der Waals surface area contributed by atoms with Crippen molar-refractivity contribution in [2.45, 2.75) is 32.7 Å². The Hall–Kier alpha value is -4.24. The van der Waals surface area contributed by atoms with E-state index in [0.29, 0.717) is 16.3 Å². The number of nitrogens with one attached hydrogen (secondary N) is 3. The molecule has 4 aromatic rings. The molecular weight excluding hydrogens is 478 g/mol. The van der Waals surface area contributed by atoms with Gasteiger partial charge in [-0.25, -0.2) is 4.79 Å². The average Bonchev–Trinajstić information content (AvgIpc) is 3.35. The lowest BCUT2D eigenvalue weighted by molar-refractivity contribution is 0.102. The summed E-state index contributed by atoms with van der Waals surface area (Å²) in [5.41, 5.74) is 3.75. The van der Waals surface area contributed by atoms with Gasteiger partial charge in [0.25, 0.3) is 11.9 Å². The Balaban J connectivity index is 1.56. The largest absolute Gasteiger partial charge is 0.326 e. The first kappa shape index (κ1) is 24.9. The highest BCUT2D eigenvalue weighted by atomic mass is 35.5. The molecule has 4 rings (SSSR count). The van der Waals surface area contributed by atoms with Gasteiger partial charge in [-0.1, -0.05) is 67.8 Å². The molecule has 0 radical (unpaired) electrons. The van der Waals surface area contributed by atoms with Crippen LogP contribution in [0.3, 0.4) is 0 Å². The first-order valence-electron chi connectivity index (χ1n) is 11.3. The maximum absolute atomic E-state index is 13.3. The van der Waals surface area contributed by atoms with E-state index in [2.05, 4.69) is 52.0 Å². The maximum atomic E-state index is 13.3. The van der Waals surface area contributed by atoms with Crippen molar-refractivity contribution >= 4 is 40.9 Å². The first-order valence-corrected chi connectivity index (χ1v) is 11.7. The number of hydrogen-bond acceptors (Lipinski definition) is 5. The molecule has 0 aliphatic rings.